The van der Waals surface area contributed by atoms with Crippen LogP contribution in [0.4, 0.5) is 5.69 Å². The topological polar surface area (TPSA) is 70.1 Å². The average molecular weight is 240 g/mol. The molecule has 18 heavy (non-hydrogen) atoms. The van der Waals surface area contributed by atoms with Gasteiger partial charge in [0.15, 0.2) is 0 Å². The van der Waals surface area contributed by atoms with Crippen LogP contribution >= 0.6 is 0 Å². The van der Waals surface area contributed by atoms with Crippen molar-refractivity contribution in [1.82, 2.24) is 0 Å². The molecular formula is C13H8N2O3. The lowest BCUT2D eigenvalue weighted by Gasteiger charge is -2.05. The first-order valence-corrected chi connectivity index (χ1v) is 5.37. The van der Waals surface area contributed by atoms with Crippen molar-refractivity contribution in [2.45, 2.75) is 0 Å². The van der Waals surface area contributed by atoms with Gasteiger partial charge in [-0.15, -0.1) is 0 Å². The van der Waals surface area contributed by atoms with Crippen molar-refractivity contribution in [3.63, 3.8) is 0 Å². The summed E-state index contributed by atoms with van der Waals surface area (Å²) in [6.45, 7) is 0. The summed E-state index contributed by atoms with van der Waals surface area (Å²) >= 11 is 0. The highest BCUT2D eigenvalue weighted by Crippen LogP contribution is 2.26. The van der Waals surface area contributed by atoms with Crippen LogP contribution in [-0.4, -0.2) is 4.92 Å². The highest BCUT2D eigenvalue weighted by atomic mass is 16.6. The third-order valence-corrected chi connectivity index (χ3v) is 2.93. The normalized spacial score (nSPS) is 10.9. The lowest BCUT2D eigenvalue weighted by molar-refractivity contribution is -0.548. The SMILES string of the molecule is O=[N+]([O-])c1cccc2c1cc1ccccc1[n+]2[O-]. The predicted molar refractivity (Wildman–Crippen MR) is 67.1 cm³/mol. The van der Waals surface area contributed by atoms with E-state index >= 15 is 0 Å². The summed E-state index contributed by atoms with van der Waals surface area (Å²) < 4.78 is 0.734. The number of rotatable bonds is 1. The summed E-state index contributed by atoms with van der Waals surface area (Å²) in [6.07, 6.45) is 0. The lowest BCUT2D eigenvalue weighted by atomic mass is 10.1. The highest BCUT2D eigenvalue weighted by Gasteiger charge is 2.18. The Morgan fingerprint density at radius 1 is 1.00 bits per heavy atom. The van der Waals surface area contributed by atoms with Crippen LogP contribution in [0, 0.1) is 15.3 Å². The molecule has 5 heteroatoms. The lowest BCUT2D eigenvalue weighted by Crippen LogP contribution is -2.28. The minimum absolute atomic E-state index is 0.0529. The van der Waals surface area contributed by atoms with Crippen molar-refractivity contribution >= 4 is 27.5 Å². The molecule has 0 saturated carbocycles. The summed E-state index contributed by atoms with van der Waals surface area (Å²) in [5.74, 6) is 0. The van der Waals surface area contributed by atoms with Crippen molar-refractivity contribution in [3.05, 3.63) is 63.9 Å². The number of aromatic nitrogens is 1. The highest BCUT2D eigenvalue weighted by molar-refractivity contribution is 5.94. The Kier molecular flexibility index (Phi) is 2.13. The molecule has 0 radical (unpaired) electrons. The number of nitrogens with zero attached hydrogens (tertiary/aromatic N) is 2. The maximum Gasteiger partial charge on any atom is 0.283 e. The summed E-state index contributed by atoms with van der Waals surface area (Å²) in [5.41, 5.74) is 0.760. The fraction of sp³-hybridized carbons (Fsp3) is 0. The summed E-state index contributed by atoms with van der Waals surface area (Å²) in [5, 5.41) is 24.2. The van der Waals surface area contributed by atoms with Gasteiger partial charge in [0.05, 0.1) is 4.92 Å². The molecule has 1 aromatic heterocycles. The minimum Gasteiger partial charge on any atom is -0.618 e. The van der Waals surface area contributed by atoms with Gasteiger partial charge in [-0.1, -0.05) is 12.1 Å². The van der Waals surface area contributed by atoms with Crippen LogP contribution < -0.4 is 4.73 Å². The van der Waals surface area contributed by atoms with Crippen LogP contribution in [0.1, 0.15) is 0 Å². The Morgan fingerprint density at radius 3 is 2.50 bits per heavy atom. The van der Waals surface area contributed by atoms with Gasteiger partial charge in [-0.3, -0.25) is 10.1 Å². The molecule has 88 valence electrons. The quantitative estimate of drug-likeness (QED) is 0.216. The van der Waals surface area contributed by atoms with E-state index in [0.717, 1.165) is 4.73 Å². The molecule has 0 atom stereocenters. The largest absolute Gasteiger partial charge is 0.618 e. The zero-order valence-electron chi connectivity index (χ0n) is 9.24. The molecule has 2 aromatic carbocycles. The maximum atomic E-state index is 12.2. The smallest absolute Gasteiger partial charge is 0.283 e. The average Bonchev–Trinajstić information content (AvgIpc) is 2.38. The van der Waals surface area contributed by atoms with Gasteiger partial charge in [0.25, 0.3) is 5.69 Å². The third kappa shape index (κ3) is 1.37. The van der Waals surface area contributed by atoms with Crippen LogP contribution in [0.5, 0.6) is 0 Å². The summed E-state index contributed by atoms with van der Waals surface area (Å²) in [6, 6.07) is 13.2. The van der Waals surface area contributed by atoms with E-state index in [9.17, 15) is 15.3 Å². The number of para-hydroxylation sites is 1. The molecule has 0 fully saturated rings. The van der Waals surface area contributed by atoms with Gasteiger partial charge in [-0.2, -0.15) is 4.73 Å². The van der Waals surface area contributed by atoms with E-state index < -0.39 is 4.92 Å². The fourth-order valence-electron chi connectivity index (χ4n) is 2.11. The van der Waals surface area contributed by atoms with Gasteiger partial charge in [0.2, 0.25) is 11.0 Å². The van der Waals surface area contributed by atoms with Gasteiger partial charge in [0, 0.05) is 23.6 Å². The molecular weight excluding hydrogens is 232 g/mol. The number of hydrogen-bond acceptors (Lipinski definition) is 3. The molecule has 0 amide bonds. The van der Waals surface area contributed by atoms with Crippen molar-refractivity contribution in [2.75, 3.05) is 0 Å². The monoisotopic (exact) mass is 240 g/mol. The van der Waals surface area contributed by atoms with E-state index in [0.29, 0.717) is 21.8 Å². The molecule has 1 heterocycles. The summed E-state index contributed by atoms with van der Waals surface area (Å²) in [4.78, 5) is 10.5. The number of nitro benzene ring substituents is 1. The van der Waals surface area contributed by atoms with Gasteiger partial charge in [-0.25, -0.2) is 0 Å². The third-order valence-electron chi connectivity index (χ3n) is 2.93. The molecule has 3 aromatic rings. The Bertz CT molecular complexity index is 784. The second-order valence-electron chi connectivity index (χ2n) is 3.96. The van der Waals surface area contributed by atoms with Crippen LogP contribution in [0.3, 0.4) is 0 Å². The van der Waals surface area contributed by atoms with Crippen molar-refractivity contribution in [1.29, 1.82) is 0 Å². The molecule has 0 aliphatic heterocycles. The number of non-ortho nitro benzene ring substituents is 1. The molecule has 5 nitrogen and oxygen atoms in total. The first kappa shape index (κ1) is 10.5. The van der Waals surface area contributed by atoms with E-state index in [-0.39, 0.29) is 5.69 Å². The number of nitro groups is 1. The van der Waals surface area contributed by atoms with Crippen molar-refractivity contribution in [3.8, 4) is 0 Å². The Balaban J connectivity index is 2.55. The Labute approximate surface area is 102 Å². The predicted octanol–water partition coefficient (Wildman–Crippen LogP) is 2.53. The minimum atomic E-state index is -0.475. The molecule has 0 aliphatic carbocycles. The van der Waals surface area contributed by atoms with Crippen LogP contribution in [0.25, 0.3) is 21.8 Å². The fourth-order valence-corrected chi connectivity index (χ4v) is 2.11. The van der Waals surface area contributed by atoms with Gasteiger partial charge >= 0.3 is 0 Å². The van der Waals surface area contributed by atoms with Gasteiger partial charge in [0.1, 0.15) is 5.39 Å². The van der Waals surface area contributed by atoms with E-state index in [1.807, 2.05) is 0 Å². The first-order chi connectivity index (χ1) is 8.68. The van der Waals surface area contributed by atoms with Gasteiger partial charge < -0.3 is 5.21 Å². The molecule has 0 bridgehead atoms. The van der Waals surface area contributed by atoms with E-state index in [2.05, 4.69) is 0 Å². The molecule has 0 spiro atoms. The molecule has 0 saturated heterocycles. The first-order valence-electron chi connectivity index (χ1n) is 5.37. The van der Waals surface area contributed by atoms with Crippen LogP contribution in [0.15, 0.2) is 48.5 Å². The summed E-state index contributed by atoms with van der Waals surface area (Å²) in [7, 11) is 0. The second-order valence-corrected chi connectivity index (χ2v) is 3.96. The zero-order valence-corrected chi connectivity index (χ0v) is 9.24. The van der Waals surface area contributed by atoms with E-state index in [1.165, 1.54) is 12.1 Å². The number of fused-ring (bicyclic) bond motifs is 2. The van der Waals surface area contributed by atoms with E-state index in [1.54, 1.807) is 36.4 Å². The number of hydrogen-bond donors (Lipinski definition) is 0. The van der Waals surface area contributed by atoms with Crippen LogP contribution in [0.2, 0.25) is 0 Å². The maximum absolute atomic E-state index is 12.2. The van der Waals surface area contributed by atoms with Crippen LogP contribution in [-0.2, 0) is 0 Å². The van der Waals surface area contributed by atoms with Gasteiger partial charge in [-0.05, 0) is 18.2 Å². The van der Waals surface area contributed by atoms with Crippen molar-refractivity contribution < 1.29 is 9.65 Å². The molecule has 0 aliphatic rings. The van der Waals surface area contributed by atoms with Crippen molar-refractivity contribution in [2.24, 2.45) is 0 Å². The Morgan fingerprint density at radius 2 is 1.72 bits per heavy atom. The van der Waals surface area contributed by atoms with E-state index in [4.69, 9.17) is 0 Å². The number of benzene rings is 2. The standard InChI is InChI=1S/C13H8N2O3/c16-14-11-5-2-1-4-9(11)8-10-12(14)6-3-7-13(10)15(17)18/h1-8H. The second kappa shape index (κ2) is 3.66. The molecule has 3 rings (SSSR count). The Hall–Kier alpha value is -2.69. The molecule has 0 N–H and O–H groups in total. The number of pyridine rings is 1. The molecule has 0 unspecified atom stereocenters. The zero-order chi connectivity index (χ0) is 12.7.